The van der Waals surface area contributed by atoms with Crippen molar-refractivity contribution in [2.24, 2.45) is 28.1 Å². The standard InChI is InChI=1S/C40H48O17/c1-19-34(7,53-19)31(46)52-29-33(6)17-38-36(18-49-27(45)14-24(33)36)37-12-11-32(5,28(50-20(2)41)23-10-13-48-16-23)25(15-26(44)47-9)39(37,57-35(8,55-37)56-38)30(51-21(3)42)40(29,38)54-22(4)43/h10,13,16,19,24-25,28-30H,11-12,14-15,17-18H2,1-9H3/t19-,24-,25+,28-,29-,30-,32+,33-,34+,35?,36-,37-,38+,39+,40-/m0/s1. The average molecular weight is 801 g/mol. The second-order valence-corrected chi connectivity index (χ2v) is 18.1. The molecule has 1 aromatic heterocycles. The SMILES string of the molecule is COC(=O)C[C@@H]1[C@](C)([C@@H](OC(C)=O)c2ccoc2)CC[C@@]23OC4(C)O[C@@]12[C@H](OC(C)=O)[C@@]1(OC(C)=O)[C@@H](OC(=O)[C@]2(C)O[C@H]2C)[C@@]2(C)C[C@@]1(O4)[C@]31COC(=O)C[C@@H]21. The lowest BCUT2D eigenvalue weighted by molar-refractivity contribution is -0.485. The highest BCUT2D eigenvalue weighted by molar-refractivity contribution is 5.83. The molecule has 17 nitrogen and oxygen atoms in total. The van der Waals surface area contributed by atoms with Crippen LogP contribution < -0.4 is 0 Å². The molecular formula is C40H48O17. The van der Waals surface area contributed by atoms with Crippen LogP contribution in [0, 0.1) is 28.1 Å². The van der Waals surface area contributed by atoms with E-state index in [-0.39, 0.29) is 32.3 Å². The van der Waals surface area contributed by atoms with Gasteiger partial charge in [0.25, 0.3) is 5.97 Å². The van der Waals surface area contributed by atoms with Crippen LogP contribution in [-0.2, 0) is 76.1 Å². The van der Waals surface area contributed by atoms with E-state index in [4.69, 9.17) is 51.8 Å². The predicted molar refractivity (Wildman–Crippen MR) is 184 cm³/mol. The van der Waals surface area contributed by atoms with E-state index >= 15 is 0 Å². The van der Waals surface area contributed by atoms with Crippen molar-refractivity contribution in [1.82, 2.24) is 0 Å². The molecule has 0 aromatic carbocycles. The Morgan fingerprint density at radius 3 is 2.21 bits per heavy atom. The highest BCUT2D eigenvalue weighted by atomic mass is 16.9. The van der Waals surface area contributed by atoms with Gasteiger partial charge >= 0.3 is 35.8 Å². The van der Waals surface area contributed by atoms with Crippen molar-refractivity contribution in [3.05, 3.63) is 24.2 Å². The second-order valence-electron chi connectivity index (χ2n) is 18.1. The summed E-state index contributed by atoms with van der Waals surface area (Å²) in [6.45, 7) is 11.8. The molecule has 4 saturated heterocycles. The molecule has 9 rings (SSSR count). The number of hydrogen-bond donors (Lipinski definition) is 0. The van der Waals surface area contributed by atoms with Crippen molar-refractivity contribution in [3.63, 3.8) is 0 Å². The Bertz CT molecular complexity index is 2000. The van der Waals surface area contributed by atoms with Gasteiger partial charge in [-0.2, -0.15) is 0 Å². The lowest BCUT2D eigenvalue weighted by atomic mass is 9.33. The van der Waals surface area contributed by atoms with E-state index < -0.39 is 129 Å². The summed E-state index contributed by atoms with van der Waals surface area (Å²) in [6.07, 6.45) is -2.21. The van der Waals surface area contributed by atoms with Crippen molar-refractivity contribution in [1.29, 1.82) is 0 Å². The molecule has 310 valence electrons. The summed E-state index contributed by atoms with van der Waals surface area (Å²) in [5.74, 6) is -8.18. The zero-order valence-electron chi connectivity index (χ0n) is 33.4. The molecule has 8 aliphatic rings. The van der Waals surface area contributed by atoms with Crippen LogP contribution in [0.2, 0.25) is 0 Å². The van der Waals surface area contributed by atoms with Gasteiger partial charge < -0.3 is 51.8 Å². The van der Waals surface area contributed by atoms with E-state index in [1.54, 1.807) is 26.8 Å². The predicted octanol–water partition coefficient (Wildman–Crippen LogP) is 3.14. The van der Waals surface area contributed by atoms with Gasteiger partial charge in [-0.05, 0) is 45.1 Å². The Balaban J connectivity index is 1.40. The van der Waals surface area contributed by atoms with Gasteiger partial charge in [0.15, 0.2) is 17.8 Å². The van der Waals surface area contributed by atoms with Crippen LogP contribution in [0.15, 0.2) is 23.0 Å². The summed E-state index contributed by atoms with van der Waals surface area (Å²) in [5, 5.41) is 0. The van der Waals surface area contributed by atoms with Crippen molar-refractivity contribution in [2.75, 3.05) is 13.7 Å². The van der Waals surface area contributed by atoms with E-state index in [1.807, 2.05) is 13.8 Å². The maximum atomic E-state index is 14.3. The zero-order chi connectivity index (χ0) is 41.1. The normalized spacial score (nSPS) is 49.5. The molecule has 0 N–H and O–H groups in total. The number of carbonyl (C=O) groups is 6. The largest absolute Gasteiger partial charge is 0.472 e. The molecule has 15 atom stereocenters. The lowest BCUT2D eigenvalue weighted by Gasteiger charge is -2.77. The molecular weight excluding hydrogens is 752 g/mol. The number of hydrogen-bond acceptors (Lipinski definition) is 17. The number of methoxy groups -OCH3 is 1. The van der Waals surface area contributed by atoms with Gasteiger partial charge in [-0.25, -0.2) is 4.79 Å². The van der Waals surface area contributed by atoms with E-state index in [0.717, 1.165) is 0 Å². The third kappa shape index (κ3) is 4.18. The van der Waals surface area contributed by atoms with Gasteiger partial charge in [0, 0.05) is 56.4 Å². The summed E-state index contributed by atoms with van der Waals surface area (Å²) in [5.41, 5.74) is -12.5. The van der Waals surface area contributed by atoms with Gasteiger partial charge in [0.05, 0.1) is 37.6 Å². The number of furan rings is 1. The van der Waals surface area contributed by atoms with Gasteiger partial charge in [-0.1, -0.05) is 13.8 Å². The maximum Gasteiger partial charge on any atom is 0.341 e. The Kier molecular flexibility index (Phi) is 7.66. The molecule has 4 aliphatic heterocycles. The fraction of sp³-hybridized carbons (Fsp3) is 0.750. The van der Waals surface area contributed by atoms with Gasteiger partial charge in [0.2, 0.25) is 5.60 Å². The van der Waals surface area contributed by atoms with E-state index in [2.05, 4.69) is 0 Å². The van der Waals surface area contributed by atoms with Crippen LogP contribution in [-0.4, -0.2) is 102 Å². The Morgan fingerprint density at radius 1 is 0.912 bits per heavy atom. The average Bonchev–Trinajstić information content (AvgIpc) is 3.47. The zero-order valence-corrected chi connectivity index (χ0v) is 33.4. The van der Waals surface area contributed by atoms with Gasteiger partial charge in [0.1, 0.15) is 29.5 Å². The minimum absolute atomic E-state index is 0.0294. The summed E-state index contributed by atoms with van der Waals surface area (Å²) >= 11 is 0. The van der Waals surface area contributed by atoms with E-state index in [1.165, 1.54) is 40.4 Å². The minimum atomic E-state index is -2.23. The molecule has 4 saturated carbocycles. The van der Waals surface area contributed by atoms with Crippen molar-refractivity contribution < 1.29 is 80.6 Å². The fourth-order valence-electron chi connectivity index (χ4n) is 13.6. The molecule has 1 aromatic rings. The third-order valence-corrected chi connectivity index (χ3v) is 15.4. The highest BCUT2D eigenvalue weighted by Crippen LogP contribution is 2.90. The molecule has 4 aliphatic carbocycles. The maximum absolute atomic E-state index is 14.3. The number of carbonyl (C=O) groups excluding carboxylic acids is 6. The second kappa shape index (κ2) is 11.4. The summed E-state index contributed by atoms with van der Waals surface area (Å²) in [4.78, 5) is 82.4. The van der Waals surface area contributed by atoms with Crippen LogP contribution in [0.5, 0.6) is 0 Å². The monoisotopic (exact) mass is 800 g/mol. The first kappa shape index (κ1) is 38.5. The molecule has 0 amide bonds. The summed E-state index contributed by atoms with van der Waals surface area (Å²) < 4.78 is 70.2. The smallest absolute Gasteiger partial charge is 0.341 e. The number of fused-ring (bicyclic) bond motifs is 3. The van der Waals surface area contributed by atoms with Gasteiger partial charge in [-0.3, -0.25) is 24.0 Å². The number of rotatable bonds is 9. The Labute approximate surface area is 327 Å². The van der Waals surface area contributed by atoms with Crippen LogP contribution in [0.4, 0.5) is 0 Å². The molecule has 8 fully saturated rings. The topological polar surface area (TPSA) is 211 Å². The van der Waals surface area contributed by atoms with Crippen molar-refractivity contribution >= 4 is 35.8 Å². The van der Waals surface area contributed by atoms with E-state index in [9.17, 15) is 28.8 Å². The fourth-order valence-corrected chi connectivity index (χ4v) is 13.6. The minimum Gasteiger partial charge on any atom is -0.472 e. The number of epoxide rings is 1. The van der Waals surface area contributed by atoms with Crippen molar-refractivity contribution in [2.45, 2.75) is 146 Å². The molecule has 5 heterocycles. The molecule has 17 heteroatoms. The van der Waals surface area contributed by atoms with Crippen LogP contribution in [0.25, 0.3) is 0 Å². The Morgan fingerprint density at radius 2 is 1.61 bits per heavy atom. The van der Waals surface area contributed by atoms with E-state index in [0.29, 0.717) is 5.56 Å². The molecule has 1 unspecified atom stereocenters. The quantitative estimate of drug-likeness (QED) is 0.199. The molecule has 3 spiro atoms. The third-order valence-electron chi connectivity index (χ3n) is 15.4. The molecule has 4 bridgehead atoms. The Hall–Kier alpha value is -4.06. The van der Waals surface area contributed by atoms with Crippen LogP contribution in [0.3, 0.4) is 0 Å². The van der Waals surface area contributed by atoms with Crippen LogP contribution >= 0.6 is 0 Å². The number of ether oxygens (including phenoxy) is 10. The number of cyclic esters (lactones) is 1. The highest BCUT2D eigenvalue weighted by Gasteiger charge is 3.06. The first-order chi connectivity index (χ1) is 26.6. The van der Waals surface area contributed by atoms with Crippen molar-refractivity contribution in [3.8, 4) is 0 Å². The molecule has 57 heavy (non-hydrogen) atoms. The summed E-state index contributed by atoms with van der Waals surface area (Å²) in [7, 11) is 1.22. The molecule has 0 radical (unpaired) electrons. The van der Waals surface area contributed by atoms with Crippen LogP contribution in [0.1, 0.15) is 99.2 Å². The first-order valence-corrected chi connectivity index (χ1v) is 19.4. The summed E-state index contributed by atoms with van der Waals surface area (Å²) in [6, 6.07) is 1.64. The van der Waals surface area contributed by atoms with Gasteiger partial charge in [-0.15, -0.1) is 0 Å². The lowest BCUT2D eigenvalue weighted by Crippen LogP contribution is -2.95. The first-order valence-electron chi connectivity index (χ1n) is 19.4. The number of esters is 6.